The van der Waals surface area contributed by atoms with Crippen molar-refractivity contribution in [3.05, 3.63) is 69.8 Å². The molecule has 1 saturated heterocycles. The molecule has 2 aliphatic rings. The fourth-order valence-electron chi connectivity index (χ4n) is 5.40. The third kappa shape index (κ3) is 3.14. The normalized spacial score (nSPS) is 21.6. The van der Waals surface area contributed by atoms with Crippen LogP contribution in [-0.2, 0) is 18.4 Å². The first-order valence-electron chi connectivity index (χ1n) is 10.3. The number of carboxylic acids is 2. The summed E-state index contributed by atoms with van der Waals surface area (Å²) < 4.78 is 3.66. The predicted molar refractivity (Wildman–Crippen MR) is 113 cm³/mol. The quantitative estimate of drug-likeness (QED) is 0.670. The van der Waals surface area contributed by atoms with Crippen LogP contribution in [-0.4, -0.2) is 49.3 Å². The second-order valence-corrected chi connectivity index (χ2v) is 8.63. The van der Waals surface area contributed by atoms with E-state index in [1.54, 1.807) is 30.5 Å². The number of aromatic nitrogens is 2. The van der Waals surface area contributed by atoms with E-state index >= 15 is 0 Å². The van der Waals surface area contributed by atoms with Gasteiger partial charge in [0.25, 0.3) is 5.56 Å². The number of benzene rings is 1. The molecule has 3 aromatic rings. The van der Waals surface area contributed by atoms with Crippen molar-refractivity contribution in [1.29, 1.82) is 0 Å². The van der Waals surface area contributed by atoms with Crippen LogP contribution in [0.2, 0.25) is 0 Å². The number of hydrogen-bond acceptors (Lipinski definition) is 4. The monoisotopic (exact) mass is 421 g/mol. The van der Waals surface area contributed by atoms with Crippen molar-refractivity contribution >= 4 is 22.8 Å². The smallest absolute Gasteiger partial charge is 0.335 e. The molecule has 160 valence electrons. The zero-order valence-electron chi connectivity index (χ0n) is 17.1. The number of aromatic carboxylic acids is 1. The topological polar surface area (TPSA) is 105 Å². The molecule has 0 radical (unpaired) electrons. The van der Waals surface area contributed by atoms with Crippen LogP contribution in [0.4, 0.5) is 0 Å². The van der Waals surface area contributed by atoms with E-state index < -0.39 is 18.0 Å². The first kappa shape index (κ1) is 19.6. The average Bonchev–Trinajstić information content (AvgIpc) is 3.04. The average molecular weight is 421 g/mol. The molecule has 2 aliphatic heterocycles. The number of carboxylic acid groups (broad SMARTS) is 2. The number of carbonyl (C=O) groups is 2. The first-order valence-corrected chi connectivity index (χ1v) is 10.3. The molecular weight excluding hydrogens is 398 g/mol. The van der Waals surface area contributed by atoms with Crippen molar-refractivity contribution in [3.8, 4) is 0 Å². The Labute approximate surface area is 177 Å². The largest absolute Gasteiger partial charge is 0.480 e. The highest BCUT2D eigenvalue weighted by Gasteiger charge is 2.40. The summed E-state index contributed by atoms with van der Waals surface area (Å²) in [6.07, 6.45) is 2.73. The molecule has 0 amide bonds. The molecule has 8 heteroatoms. The van der Waals surface area contributed by atoms with Crippen LogP contribution in [0, 0.1) is 5.92 Å². The van der Waals surface area contributed by atoms with Crippen LogP contribution in [0.25, 0.3) is 10.9 Å². The molecule has 0 saturated carbocycles. The van der Waals surface area contributed by atoms with Gasteiger partial charge in [-0.25, -0.2) is 4.79 Å². The number of rotatable bonds is 4. The highest BCUT2D eigenvalue weighted by Crippen LogP contribution is 2.40. The van der Waals surface area contributed by atoms with Crippen molar-refractivity contribution in [2.45, 2.75) is 24.9 Å². The molecule has 2 N–H and O–H groups in total. The highest BCUT2D eigenvalue weighted by atomic mass is 16.4. The van der Waals surface area contributed by atoms with Gasteiger partial charge in [-0.2, -0.15) is 0 Å². The lowest BCUT2D eigenvalue weighted by Crippen LogP contribution is -2.49. The Morgan fingerprint density at radius 2 is 1.90 bits per heavy atom. The number of nitrogens with zero attached hydrogens (tertiary/aromatic N) is 3. The van der Waals surface area contributed by atoms with Gasteiger partial charge in [-0.1, -0.05) is 6.07 Å². The standard InChI is InChI=1S/C23H23N3O5/c1-24-12-17(16-8-14(22(28)29)5-6-19(16)24)21(23(30)31)25-9-13-7-15(11-25)18-3-2-4-20(27)26(18)10-13/h2-6,8,12-13,15,21H,7,9-11H2,1H3,(H,28,29)(H,30,31)/t13-,15-,21-/m0/s1. The summed E-state index contributed by atoms with van der Waals surface area (Å²) in [5.74, 6) is -1.72. The number of pyridine rings is 1. The molecule has 5 rings (SSSR count). The number of aryl methyl sites for hydroxylation is 1. The van der Waals surface area contributed by atoms with E-state index in [-0.39, 0.29) is 23.0 Å². The minimum absolute atomic E-state index is 0.00862. The van der Waals surface area contributed by atoms with E-state index in [4.69, 9.17) is 0 Å². The van der Waals surface area contributed by atoms with Crippen LogP contribution in [0.1, 0.15) is 40.0 Å². The van der Waals surface area contributed by atoms with Gasteiger partial charge in [0.05, 0.1) is 5.56 Å². The molecule has 4 heterocycles. The van der Waals surface area contributed by atoms with E-state index in [0.717, 1.165) is 17.6 Å². The van der Waals surface area contributed by atoms with Crippen LogP contribution in [0.3, 0.4) is 0 Å². The Balaban J connectivity index is 1.58. The van der Waals surface area contributed by atoms with Gasteiger partial charge in [-0.3, -0.25) is 14.5 Å². The van der Waals surface area contributed by atoms with Gasteiger partial charge in [0, 0.05) is 67.0 Å². The number of piperidine rings is 1. The van der Waals surface area contributed by atoms with Crippen LogP contribution in [0.15, 0.2) is 47.4 Å². The lowest BCUT2D eigenvalue weighted by atomic mass is 9.82. The molecule has 31 heavy (non-hydrogen) atoms. The minimum atomic E-state index is -1.04. The first-order chi connectivity index (χ1) is 14.8. The van der Waals surface area contributed by atoms with Gasteiger partial charge < -0.3 is 19.3 Å². The van der Waals surface area contributed by atoms with Crippen LogP contribution < -0.4 is 5.56 Å². The summed E-state index contributed by atoms with van der Waals surface area (Å²) in [5, 5.41) is 20.2. The Bertz CT molecular complexity index is 1270. The fraction of sp³-hybridized carbons (Fsp3) is 0.348. The number of hydrogen-bond donors (Lipinski definition) is 2. The highest BCUT2D eigenvalue weighted by molar-refractivity contribution is 5.96. The van der Waals surface area contributed by atoms with E-state index in [2.05, 4.69) is 0 Å². The molecule has 0 unspecified atom stereocenters. The molecule has 1 fully saturated rings. The Morgan fingerprint density at radius 3 is 2.65 bits per heavy atom. The summed E-state index contributed by atoms with van der Waals surface area (Å²) in [7, 11) is 1.83. The second kappa shape index (κ2) is 7.09. The SMILES string of the molecule is Cn1cc([C@@H](C(=O)O)N2C[C@@H]3C[C@@H](C2)c2cccc(=O)n2C3)c2cc(C(=O)O)ccc21. The van der Waals surface area contributed by atoms with Crippen molar-refractivity contribution in [2.24, 2.45) is 13.0 Å². The van der Waals surface area contributed by atoms with Crippen molar-refractivity contribution in [3.63, 3.8) is 0 Å². The van der Waals surface area contributed by atoms with Gasteiger partial charge in [-0.05, 0) is 36.6 Å². The van der Waals surface area contributed by atoms with E-state index in [0.29, 0.717) is 30.6 Å². The lowest BCUT2D eigenvalue weighted by Gasteiger charge is -2.44. The zero-order valence-corrected chi connectivity index (χ0v) is 17.1. The number of aliphatic carboxylic acids is 1. The van der Waals surface area contributed by atoms with Gasteiger partial charge in [-0.15, -0.1) is 0 Å². The van der Waals surface area contributed by atoms with Gasteiger partial charge in [0.2, 0.25) is 0 Å². The number of likely N-dealkylation sites (tertiary alicyclic amines) is 1. The number of fused-ring (bicyclic) bond motifs is 5. The van der Waals surface area contributed by atoms with Gasteiger partial charge in [0.1, 0.15) is 6.04 Å². The van der Waals surface area contributed by atoms with Crippen molar-refractivity contribution in [1.82, 2.24) is 14.0 Å². The second-order valence-electron chi connectivity index (χ2n) is 8.63. The predicted octanol–water partition coefficient (Wildman–Crippen LogP) is 2.28. The zero-order chi connectivity index (χ0) is 21.9. The fourth-order valence-corrected chi connectivity index (χ4v) is 5.40. The summed E-state index contributed by atoms with van der Waals surface area (Å²) >= 11 is 0. The van der Waals surface area contributed by atoms with Crippen molar-refractivity contribution < 1.29 is 19.8 Å². The maximum absolute atomic E-state index is 12.5. The minimum Gasteiger partial charge on any atom is -0.480 e. The third-order valence-electron chi connectivity index (χ3n) is 6.67. The molecule has 2 aromatic heterocycles. The van der Waals surface area contributed by atoms with Gasteiger partial charge >= 0.3 is 11.9 Å². The molecule has 8 nitrogen and oxygen atoms in total. The van der Waals surface area contributed by atoms with E-state index in [1.807, 2.05) is 27.1 Å². The van der Waals surface area contributed by atoms with Crippen LogP contribution in [0.5, 0.6) is 0 Å². The Kier molecular flexibility index (Phi) is 4.48. The molecule has 0 aliphatic carbocycles. The Morgan fingerprint density at radius 1 is 1.10 bits per heavy atom. The third-order valence-corrected chi connectivity index (χ3v) is 6.67. The van der Waals surface area contributed by atoms with Crippen molar-refractivity contribution in [2.75, 3.05) is 13.1 Å². The maximum atomic E-state index is 12.5. The molecule has 0 spiro atoms. The maximum Gasteiger partial charge on any atom is 0.335 e. The van der Waals surface area contributed by atoms with Gasteiger partial charge in [0.15, 0.2) is 0 Å². The Hall–Kier alpha value is -3.39. The molecule has 3 atom stereocenters. The summed E-state index contributed by atoms with van der Waals surface area (Å²) in [4.78, 5) is 38.2. The summed E-state index contributed by atoms with van der Waals surface area (Å²) in [6, 6.07) is 9.21. The summed E-state index contributed by atoms with van der Waals surface area (Å²) in [6.45, 7) is 1.70. The summed E-state index contributed by atoms with van der Waals surface area (Å²) in [5.41, 5.74) is 2.47. The lowest BCUT2D eigenvalue weighted by molar-refractivity contribution is -0.144. The molecule has 1 aromatic carbocycles. The molecular formula is C23H23N3O5. The van der Waals surface area contributed by atoms with E-state index in [9.17, 15) is 24.6 Å². The van der Waals surface area contributed by atoms with Crippen LogP contribution >= 0.6 is 0 Å². The van der Waals surface area contributed by atoms with E-state index in [1.165, 1.54) is 6.07 Å². The molecule has 2 bridgehead atoms.